The van der Waals surface area contributed by atoms with Gasteiger partial charge in [0.2, 0.25) is 0 Å². The summed E-state index contributed by atoms with van der Waals surface area (Å²) in [4.78, 5) is 10.7. The Bertz CT molecular complexity index is 573. The fourth-order valence-electron chi connectivity index (χ4n) is 2.02. The predicted octanol–water partition coefficient (Wildman–Crippen LogP) is 4.38. The van der Waals surface area contributed by atoms with Gasteiger partial charge in [0.1, 0.15) is 11.6 Å². The topological polar surface area (TPSA) is 37.8 Å². The molecule has 0 aliphatic heterocycles. The summed E-state index contributed by atoms with van der Waals surface area (Å²) in [6.07, 6.45) is 0. The smallest absolute Gasteiger partial charge is 0.133 e. The van der Waals surface area contributed by atoms with Crippen LogP contribution in [0.1, 0.15) is 43.0 Å². The number of nitrogens with zero attached hydrogens (tertiary/aromatic N) is 2. The average molecular weight is 275 g/mol. The zero-order valence-corrected chi connectivity index (χ0v) is 13.1. The maximum atomic E-state index is 4.77. The second-order valence-corrected chi connectivity index (χ2v) is 6.10. The largest absolute Gasteiger partial charge is 0.370 e. The molecule has 0 amide bonds. The van der Waals surface area contributed by atoms with E-state index in [-0.39, 0.29) is 0 Å². The van der Waals surface area contributed by atoms with Crippen LogP contribution in [-0.4, -0.2) is 16.5 Å². The summed E-state index contributed by atoms with van der Waals surface area (Å²) >= 11 is 1.76. The Morgan fingerprint density at radius 1 is 1.26 bits per heavy atom. The van der Waals surface area contributed by atoms with Gasteiger partial charge in [-0.2, -0.15) is 0 Å². The molecule has 0 atom stereocenters. The first-order valence-corrected chi connectivity index (χ1v) is 7.59. The highest BCUT2D eigenvalue weighted by molar-refractivity contribution is 7.10. The second-order valence-electron chi connectivity index (χ2n) is 4.98. The van der Waals surface area contributed by atoms with Crippen molar-refractivity contribution in [2.24, 2.45) is 0 Å². The number of hydrogen-bond donors (Lipinski definition) is 1. The van der Waals surface area contributed by atoms with Crippen LogP contribution in [0.3, 0.4) is 0 Å². The minimum atomic E-state index is 0.329. The molecule has 0 aliphatic rings. The Hall–Kier alpha value is -1.42. The standard InChI is InChI=1S/C15H21N3S/c1-6-16-15-10(4)13(12-7-8-19-11(12)5)17-14(18-15)9(2)3/h7-9H,6H2,1-5H3,(H,16,17,18). The van der Waals surface area contributed by atoms with E-state index >= 15 is 0 Å². The van der Waals surface area contributed by atoms with E-state index in [1.54, 1.807) is 11.3 Å². The van der Waals surface area contributed by atoms with E-state index in [9.17, 15) is 0 Å². The maximum Gasteiger partial charge on any atom is 0.133 e. The van der Waals surface area contributed by atoms with Crippen LogP contribution < -0.4 is 5.32 Å². The van der Waals surface area contributed by atoms with E-state index in [0.717, 1.165) is 29.4 Å². The summed E-state index contributed by atoms with van der Waals surface area (Å²) in [5.74, 6) is 2.19. The molecule has 102 valence electrons. The molecule has 0 aromatic carbocycles. The monoisotopic (exact) mass is 275 g/mol. The lowest BCUT2D eigenvalue weighted by atomic mass is 10.1. The van der Waals surface area contributed by atoms with E-state index < -0.39 is 0 Å². The Morgan fingerprint density at radius 3 is 2.53 bits per heavy atom. The van der Waals surface area contributed by atoms with Gasteiger partial charge in [0.15, 0.2) is 0 Å². The van der Waals surface area contributed by atoms with Gasteiger partial charge in [0.25, 0.3) is 0 Å². The number of aryl methyl sites for hydroxylation is 1. The van der Waals surface area contributed by atoms with Crippen molar-refractivity contribution < 1.29 is 0 Å². The lowest BCUT2D eigenvalue weighted by Gasteiger charge is -2.14. The number of anilines is 1. The number of nitrogens with one attached hydrogen (secondary N) is 1. The highest BCUT2D eigenvalue weighted by Gasteiger charge is 2.15. The van der Waals surface area contributed by atoms with E-state index in [2.05, 4.69) is 56.4 Å². The molecule has 0 bridgehead atoms. The highest BCUT2D eigenvalue weighted by atomic mass is 32.1. The lowest BCUT2D eigenvalue weighted by molar-refractivity contribution is 0.774. The minimum Gasteiger partial charge on any atom is -0.370 e. The first-order valence-electron chi connectivity index (χ1n) is 6.71. The van der Waals surface area contributed by atoms with Gasteiger partial charge in [-0.3, -0.25) is 0 Å². The summed E-state index contributed by atoms with van der Waals surface area (Å²) in [7, 11) is 0. The normalized spacial score (nSPS) is 11.1. The minimum absolute atomic E-state index is 0.329. The van der Waals surface area contributed by atoms with Crippen molar-refractivity contribution in [3.63, 3.8) is 0 Å². The van der Waals surface area contributed by atoms with E-state index in [1.807, 2.05) is 0 Å². The van der Waals surface area contributed by atoms with Gasteiger partial charge < -0.3 is 5.32 Å². The Kier molecular flexibility index (Phi) is 4.20. The van der Waals surface area contributed by atoms with Gasteiger partial charge in [-0.15, -0.1) is 11.3 Å². The average Bonchev–Trinajstić information content (AvgIpc) is 2.78. The van der Waals surface area contributed by atoms with Crippen LogP contribution in [0.5, 0.6) is 0 Å². The molecule has 2 aromatic heterocycles. The molecule has 3 nitrogen and oxygen atoms in total. The molecule has 2 heterocycles. The molecule has 19 heavy (non-hydrogen) atoms. The molecule has 4 heteroatoms. The van der Waals surface area contributed by atoms with Crippen LogP contribution in [0.25, 0.3) is 11.3 Å². The van der Waals surface area contributed by atoms with Gasteiger partial charge in [-0.25, -0.2) is 9.97 Å². The summed E-state index contributed by atoms with van der Waals surface area (Å²) in [6, 6.07) is 2.15. The highest BCUT2D eigenvalue weighted by Crippen LogP contribution is 2.32. The molecule has 0 aliphatic carbocycles. The quantitative estimate of drug-likeness (QED) is 0.900. The summed E-state index contributed by atoms with van der Waals surface area (Å²) < 4.78 is 0. The van der Waals surface area contributed by atoms with Crippen LogP contribution in [0, 0.1) is 13.8 Å². The van der Waals surface area contributed by atoms with Crippen molar-refractivity contribution in [3.8, 4) is 11.3 Å². The number of thiophene rings is 1. The van der Waals surface area contributed by atoms with Crippen molar-refractivity contribution >= 4 is 17.2 Å². The first-order chi connectivity index (χ1) is 9.04. The van der Waals surface area contributed by atoms with Gasteiger partial charge in [0, 0.05) is 28.5 Å². The van der Waals surface area contributed by atoms with Crippen LogP contribution in [0.4, 0.5) is 5.82 Å². The van der Waals surface area contributed by atoms with E-state index in [1.165, 1.54) is 10.4 Å². The van der Waals surface area contributed by atoms with Crippen molar-refractivity contribution in [1.82, 2.24) is 9.97 Å². The lowest BCUT2D eigenvalue weighted by Crippen LogP contribution is -2.08. The molecule has 0 spiro atoms. The Morgan fingerprint density at radius 2 is 2.00 bits per heavy atom. The second kappa shape index (κ2) is 5.70. The molecule has 0 radical (unpaired) electrons. The van der Waals surface area contributed by atoms with Gasteiger partial charge in [-0.1, -0.05) is 13.8 Å². The molecule has 0 unspecified atom stereocenters. The van der Waals surface area contributed by atoms with Crippen LogP contribution in [0.15, 0.2) is 11.4 Å². The fourth-order valence-corrected chi connectivity index (χ4v) is 2.72. The first kappa shape index (κ1) is 14.0. The van der Waals surface area contributed by atoms with Crippen molar-refractivity contribution in [3.05, 3.63) is 27.7 Å². The summed E-state index contributed by atoms with van der Waals surface area (Å²) in [5.41, 5.74) is 3.42. The van der Waals surface area contributed by atoms with Gasteiger partial charge in [-0.05, 0) is 32.2 Å². The number of rotatable bonds is 4. The third kappa shape index (κ3) is 2.78. The SMILES string of the molecule is CCNc1nc(C(C)C)nc(-c2ccsc2C)c1C. The summed E-state index contributed by atoms with van der Waals surface area (Å²) in [6.45, 7) is 11.5. The van der Waals surface area contributed by atoms with Crippen LogP contribution in [0.2, 0.25) is 0 Å². The number of hydrogen-bond acceptors (Lipinski definition) is 4. The molecular weight excluding hydrogens is 254 g/mol. The molecular formula is C15H21N3S. The molecule has 2 aromatic rings. The van der Waals surface area contributed by atoms with Crippen LogP contribution in [-0.2, 0) is 0 Å². The maximum absolute atomic E-state index is 4.77. The molecule has 1 N–H and O–H groups in total. The zero-order valence-electron chi connectivity index (χ0n) is 12.2. The van der Waals surface area contributed by atoms with E-state index in [4.69, 9.17) is 4.98 Å². The fraction of sp³-hybridized carbons (Fsp3) is 0.467. The van der Waals surface area contributed by atoms with Crippen molar-refractivity contribution in [2.75, 3.05) is 11.9 Å². The Balaban J connectivity index is 2.62. The molecule has 0 saturated heterocycles. The van der Waals surface area contributed by atoms with Crippen LogP contribution >= 0.6 is 11.3 Å². The Labute approximate surface area is 119 Å². The third-order valence-corrected chi connectivity index (χ3v) is 3.98. The molecule has 2 rings (SSSR count). The molecule has 0 fully saturated rings. The van der Waals surface area contributed by atoms with Gasteiger partial charge >= 0.3 is 0 Å². The van der Waals surface area contributed by atoms with Crippen molar-refractivity contribution in [1.29, 1.82) is 0 Å². The third-order valence-electron chi connectivity index (χ3n) is 3.14. The summed E-state index contributed by atoms with van der Waals surface area (Å²) in [5, 5.41) is 5.46. The van der Waals surface area contributed by atoms with Crippen molar-refractivity contribution in [2.45, 2.75) is 40.5 Å². The number of aromatic nitrogens is 2. The molecule has 0 saturated carbocycles. The van der Waals surface area contributed by atoms with Gasteiger partial charge in [0.05, 0.1) is 5.69 Å². The van der Waals surface area contributed by atoms with E-state index in [0.29, 0.717) is 5.92 Å². The zero-order chi connectivity index (χ0) is 14.0. The predicted molar refractivity (Wildman–Crippen MR) is 83.1 cm³/mol.